The average molecular weight is 401 g/mol. The molecule has 0 amide bonds. The molecule has 152 valence electrons. The third-order valence-corrected chi connectivity index (χ3v) is 15.2. The molecule has 0 aromatic heterocycles. The van der Waals surface area contributed by atoms with Gasteiger partial charge in [0.2, 0.25) is 0 Å². The lowest BCUT2D eigenvalue weighted by Gasteiger charge is -2.42. The van der Waals surface area contributed by atoms with Crippen LogP contribution >= 0.6 is 0 Å². The number of hydrogen-bond donors (Lipinski definition) is 0. The molecule has 0 N–H and O–H groups in total. The maximum Gasteiger partial charge on any atom is 0.337 e. The quantitative estimate of drug-likeness (QED) is 0.314. The van der Waals surface area contributed by atoms with Crippen molar-refractivity contribution in [2.45, 2.75) is 109 Å². The maximum atomic E-state index is 12.7. The average Bonchev–Trinajstić information content (AvgIpc) is 2.70. The first kappa shape index (κ1) is 23.6. The Morgan fingerprint density at radius 2 is 1.46 bits per heavy atom. The molecule has 1 aliphatic rings. The first-order valence-corrected chi connectivity index (χ1v) is 15.5. The lowest BCUT2D eigenvalue weighted by atomic mass is 10.1. The van der Waals surface area contributed by atoms with Gasteiger partial charge in [0, 0.05) is 0 Å². The molecule has 1 heterocycles. The normalized spacial score (nSPS) is 25.3. The summed E-state index contributed by atoms with van der Waals surface area (Å²) in [5.41, 5.74) is 0. The van der Waals surface area contributed by atoms with E-state index in [1.54, 1.807) is 0 Å². The molecule has 1 saturated heterocycles. The zero-order chi connectivity index (χ0) is 20.6. The predicted molar refractivity (Wildman–Crippen MR) is 113 cm³/mol. The SMILES string of the molecule is C=CCC[C@@H]1OC(=O)[C@@H](O[Si](C)(C)C(C)(C)C)[C@@H]1O[Si](C)(C)C(C)(C)C. The van der Waals surface area contributed by atoms with E-state index in [1.807, 2.05) is 6.08 Å². The Hall–Kier alpha value is -0.436. The molecule has 0 saturated carbocycles. The number of rotatable bonds is 7. The molecule has 0 radical (unpaired) electrons. The topological polar surface area (TPSA) is 44.8 Å². The van der Waals surface area contributed by atoms with E-state index in [-0.39, 0.29) is 28.3 Å². The third-order valence-electron chi connectivity index (χ3n) is 6.28. The summed E-state index contributed by atoms with van der Waals surface area (Å²) in [7, 11) is -4.19. The zero-order valence-corrected chi connectivity index (χ0v) is 20.6. The molecule has 1 aliphatic heterocycles. The van der Waals surface area contributed by atoms with Gasteiger partial charge in [0.05, 0.1) is 0 Å². The van der Waals surface area contributed by atoms with E-state index in [2.05, 4.69) is 74.3 Å². The van der Waals surface area contributed by atoms with Crippen LogP contribution in [0.3, 0.4) is 0 Å². The van der Waals surface area contributed by atoms with Crippen molar-refractivity contribution in [3.63, 3.8) is 0 Å². The van der Waals surface area contributed by atoms with Gasteiger partial charge in [-0.15, -0.1) is 6.58 Å². The number of esters is 1. The van der Waals surface area contributed by atoms with Gasteiger partial charge in [-0.25, -0.2) is 4.79 Å². The summed E-state index contributed by atoms with van der Waals surface area (Å²) in [4.78, 5) is 12.7. The highest BCUT2D eigenvalue weighted by molar-refractivity contribution is 6.74. The van der Waals surface area contributed by atoms with Crippen LogP contribution in [0.2, 0.25) is 36.3 Å². The summed E-state index contributed by atoms with van der Waals surface area (Å²) in [5.74, 6) is -0.271. The van der Waals surface area contributed by atoms with Crippen LogP contribution in [0, 0.1) is 0 Å². The van der Waals surface area contributed by atoms with Crippen molar-refractivity contribution >= 4 is 22.6 Å². The minimum Gasteiger partial charge on any atom is -0.458 e. The van der Waals surface area contributed by atoms with Gasteiger partial charge < -0.3 is 13.6 Å². The van der Waals surface area contributed by atoms with Crippen LogP contribution in [0.4, 0.5) is 0 Å². The Kier molecular flexibility index (Phi) is 7.17. The zero-order valence-electron chi connectivity index (χ0n) is 18.6. The maximum absolute atomic E-state index is 12.7. The van der Waals surface area contributed by atoms with Crippen LogP contribution in [0.1, 0.15) is 54.4 Å². The fourth-order valence-electron chi connectivity index (χ4n) is 2.38. The molecule has 0 aromatic rings. The summed E-state index contributed by atoms with van der Waals surface area (Å²) < 4.78 is 18.9. The summed E-state index contributed by atoms with van der Waals surface area (Å²) in [5, 5.41) is 0.0805. The number of cyclic esters (lactones) is 1. The van der Waals surface area contributed by atoms with Crippen LogP contribution in [0.5, 0.6) is 0 Å². The fraction of sp³-hybridized carbons (Fsp3) is 0.850. The Morgan fingerprint density at radius 1 is 1.00 bits per heavy atom. The Bertz CT molecular complexity index is 515. The van der Waals surface area contributed by atoms with E-state index in [0.717, 1.165) is 12.8 Å². The van der Waals surface area contributed by atoms with Crippen LogP contribution in [-0.4, -0.2) is 40.9 Å². The van der Waals surface area contributed by atoms with Gasteiger partial charge in [0.25, 0.3) is 0 Å². The van der Waals surface area contributed by atoms with Gasteiger partial charge in [0.15, 0.2) is 22.7 Å². The van der Waals surface area contributed by atoms with Gasteiger partial charge in [0.1, 0.15) is 12.2 Å². The lowest BCUT2D eigenvalue weighted by molar-refractivity contribution is -0.146. The van der Waals surface area contributed by atoms with Gasteiger partial charge in [-0.2, -0.15) is 0 Å². The number of ether oxygens (including phenoxy) is 1. The second kappa shape index (κ2) is 7.90. The lowest BCUT2D eigenvalue weighted by Crippen LogP contribution is -2.53. The molecule has 0 aliphatic carbocycles. The summed E-state index contributed by atoms with van der Waals surface area (Å²) >= 11 is 0. The molecule has 3 atom stereocenters. The van der Waals surface area contributed by atoms with Crippen molar-refractivity contribution in [2.24, 2.45) is 0 Å². The van der Waals surface area contributed by atoms with Gasteiger partial charge in [-0.1, -0.05) is 47.6 Å². The highest BCUT2D eigenvalue weighted by atomic mass is 28.4. The number of hydrogen-bond acceptors (Lipinski definition) is 4. The molecule has 0 bridgehead atoms. The summed E-state index contributed by atoms with van der Waals surface area (Å²) in [6, 6.07) is 0. The molecular formula is C20H40O4Si2. The second-order valence-electron chi connectivity index (χ2n) is 10.5. The second-order valence-corrected chi connectivity index (χ2v) is 20.0. The van der Waals surface area contributed by atoms with Crippen LogP contribution < -0.4 is 0 Å². The van der Waals surface area contributed by atoms with Gasteiger partial charge in [-0.05, 0) is 49.1 Å². The van der Waals surface area contributed by atoms with Gasteiger partial charge >= 0.3 is 5.97 Å². The Balaban J connectivity index is 3.16. The smallest absolute Gasteiger partial charge is 0.337 e. The largest absolute Gasteiger partial charge is 0.458 e. The number of carbonyl (C=O) groups is 1. The summed E-state index contributed by atoms with van der Waals surface area (Å²) in [6.45, 7) is 25.7. The van der Waals surface area contributed by atoms with E-state index < -0.39 is 22.7 Å². The van der Waals surface area contributed by atoms with Crippen LogP contribution in [0.15, 0.2) is 12.7 Å². The molecule has 6 heteroatoms. The molecule has 1 fully saturated rings. The van der Waals surface area contributed by atoms with Crippen molar-refractivity contribution in [1.29, 1.82) is 0 Å². The Morgan fingerprint density at radius 3 is 1.88 bits per heavy atom. The molecule has 0 unspecified atom stereocenters. The van der Waals surface area contributed by atoms with Crippen molar-refractivity contribution in [2.75, 3.05) is 0 Å². The molecule has 4 nitrogen and oxygen atoms in total. The van der Waals surface area contributed by atoms with Crippen molar-refractivity contribution in [3.8, 4) is 0 Å². The van der Waals surface area contributed by atoms with Crippen molar-refractivity contribution in [3.05, 3.63) is 12.7 Å². The fourth-order valence-corrected chi connectivity index (χ4v) is 4.91. The van der Waals surface area contributed by atoms with Crippen molar-refractivity contribution < 1.29 is 18.4 Å². The Labute approximate surface area is 162 Å². The first-order chi connectivity index (χ1) is 11.5. The minimum atomic E-state index is -2.12. The minimum absolute atomic E-state index is 0.0218. The van der Waals surface area contributed by atoms with Crippen molar-refractivity contribution in [1.82, 2.24) is 0 Å². The summed E-state index contributed by atoms with van der Waals surface area (Å²) in [6.07, 6.45) is 2.16. The molecular weight excluding hydrogens is 360 g/mol. The highest BCUT2D eigenvalue weighted by Crippen LogP contribution is 2.43. The monoisotopic (exact) mass is 400 g/mol. The molecule has 1 rings (SSSR count). The van der Waals surface area contributed by atoms with E-state index >= 15 is 0 Å². The van der Waals surface area contributed by atoms with Crippen LogP contribution in [-0.2, 0) is 18.4 Å². The van der Waals surface area contributed by atoms with E-state index in [1.165, 1.54) is 0 Å². The standard InChI is InChI=1S/C20H40O4Si2/c1-12-13-14-15-16(23-25(8,9)19(2,3)4)17(18(21)22-15)24-26(10,11)20(5,6)7/h12,15-17H,1,13-14H2,2-11H3/t15-,16+,17-/m0/s1. The predicted octanol–water partition coefficient (Wildman–Crippen LogP) is 5.66. The number of carbonyl (C=O) groups excluding carboxylic acids is 1. The van der Waals surface area contributed by atoms with Gasteiger partial charge in [-0.3, -0.25) is 0 Å². The van der Waals surface area contributed by atoms with E-state index in [4.69, 9.17) is 13.6 Å². The first-order valence-electron chi connectivity index (χ1n) is 9.70. The highest BCUT2D eigenvalue weighted by Gasteiger charge is 2.53. The third kappa shape index (κ3) is 5.30. The van der Waals surface area contributed by atoms with Crippen LogP contribution in [0.25, 0.3) is 0 Å². The number of allylic oxidation sites excluding steroid dienone is 1. The molecule has 0 spiro atoms. The molecule has 26 heavy (non-hydrogen) atoms. The molecule has 0 aromatic carbocycles. The van der Waals surface area contributed by atoms with E-state index in [9.17, 15) is 4.79 Å². The van der Waals surface area contributed by atoms with E-state index in [0.29, 0.717) is 0 Å².